The van der Waals surface area contributed by atoms with E-state index in [4.69, 9.17) is 16.3 Å². The molecule has 3 rings (SSSR count). The number of amides is 2. The first-order chi connectivity index (χ1) is 12.5. The quantitative estimate of drug-likeness (QED) is 0.808. The summed E-state index contributed by atoms with van der Waals surface area (Å²) in [6.07, 6.45) is 0.315. The number of aryl methyl sites for hydroxylation is 1. The standard InChI is InChI=1S/C18H21ClN4O3/c1-13-15(16(19)23(20-13)14-7-4-3-5-8-14)17(24)21-9-6-10-22(12-11-21)18(25)26-2/h3-5,7-8H,6,9-12H2,1-2H3. The van der Waals surface area contributed by atoms with Gasteiger partial charge >= 0.3 is 6.09 Å². The predicted molar refractivity (Wildman–Crippen MR) is 97.8 cm³/mol. The van der Waals surface area contributed by atoms with Crippen LogP contribution in [0.4, 0.5) is 4.79 Å². The van der Waals surface area contributed by atoms with Gasteiger partial charge in [0.25, 0.3) is 5.91 Å². The predicted octanol–water partition coefficient (Wildman–Crippen LogP) is 2.75. The van der Waals surface area contributed by atoms with Crippen molar-refractivity contribution in [2.45, 2.75) is 13.3 Å². The summed E-state index contributed by atoms with van der Waals surface area (Å²) in [5, 5.41) is 4.73. The average Bonchev–Trinajstić information content (AvgIpc) is 2.83. The van der Waals surface area contributed by atoms with Crippen LogP contribution >= 0.6 is 11.6 Å². The van der Waals surface area contributed by atoms with E-state index in [1.165, 1.54) is 7.11 Å². The number of halogens is 1. The maximum Gasteiger partial charge on any atom is 0.409 e. The van der Waals surface area contributed by atoms with Crippen molar-refractivity contribution in [1.82, 2.24) is 19.6 Å². The first kappa shape index (κ1) is 18.3. The van der Waals surface area contributed by atoms with Crippen LogP contribution in [0.5, 0.6) is 0 Å². The molecule has 0 unspecified atom stereocenters. The summed E-state index contributed by atoms with van der Waals surface area (Å²) in [5.41, 5.74) is 1.78. The molecule has 26 heavy (non-hydrogen) atoms. The van der Waals surface area contributed by atoms with E-state index in [2.05, 4.69) is 5.10 Å². The number of ether oxygens (including phenoxy) is 1. The third-order valence-corrected chi connectivity index (χ3v) is 4.78. The molecule has 1 saturated heterocycles. The Bertz CT molecular complexity index is 806. The maximum atomic E-state index is 13.0. The lowest BCUT2D eigenvalue weighted by atomic mass is 10.2. The molecule has 1 fully saturated rings. The molecule has 0 bridgehead atoms. The molecule has 2 amide bonds. The Morgan fingerprint density at radius 3 is 2.42 bits per heavy atom. The Morgan fingerprint density at radius 2 is 1.73 bits per heavy atom. The number of methoxy groups -OCH3 is 1. The maximum absolute atomic E-state index is 13.0. The minimum absolute atomic E-state index is 0.165. The molecule has 1 aromatic heterocycles. The van der Waals surface area contributed by atoms with E-state index in [1.54, 1.807) is 21.4 Å². The lowest BCUT2D eigenvalue weighted by Gasteiger charge is -2.21. The highest BCUT2D eigenvalue weighted by Crippen LogP contribution is 2.25. The molecule has 1 aliphatic rings. The summed E-state index contributed by atoms with van der Waals surface area (Å²) in [6.45, 7) is 3.75. The summed E-state index contributed by atoms with van der Waals surface area (Å²) in [7, 11) is 1.36. The molecule has 0 spiro atoms. The third-order valence-electron chi connectivity index (χ3n) is 4.43. The lowest BCUT2D eigenvalue weighted by Crippen LogP contribution is -2.37. The zero-order valence-corrected chi connectivity index (χ0v) is 15.6. The van der Waals surface area contributed by atoms with Crippen molar-refractivity contribution in [2.75, 3.05) is 33.3 Å². The first-order valence-electron chi connectivity index (χ1n) is 8.45. The molecule has 2 heterocycles. The van der Waals surface area contributed by atoms with Gasteiger partial charge in [0, 0.05) is 26.2 Å². The van der Waals surface area contributed by atoms with Gasteiger partial charge in [-0.1, -0.05) is 29.8 Å². The molecule has 0 N–H and O–H groups in total. The number of nitrogens with zero attached hydrogens (tertiary/aromatic N) is 4. The number of benzene rings is 1. The molecular formula is C18H21ClN4O3. The van der Waals surface area contributed by atoms with Crippen LogP contribution in [-0.2, 0) is 4.74 Å². The van der Waals surface area contributed by atoms with E-state index in [1.807, 2.05) is 30.3 Å². The molecule has 1 aromatic carbocycles. The Labute approximate surface area is 157 Å². The second-order valence-corrected chi connectivity index (χ2v) is 6.46. The normalized spacial score (nSPS) is 14.9. The van der Waals surface area contributed by atoms with Gasteiger partial charge in [0.05, 0.1) is 24.1 Å². The van der Waals surface area contributed by atoms with Gasteiger partial charge in [0.1, 0.15) is 5.15 Å². The van der Waals surface area contributed by atoms with Crippen LogP contribution in [0.3, 0.4) is 0 Å². The lowest BCUT2D eigenvalue weighted by molar-refractivity contribution is 0.0756. The van der Waals surface area contributed by atoms with Gasteiger partial charge < -0.3 is 14.5 Å². The van der Waals surface area contributed by atoms with Crippen molar-refractivity contribution < 1.29 is 14.3 Å². The first-order valence-corrected chi connectivity index (χ1v) is 8.83. The zero-order valence-electron chi connectivity index (χ0n) is 14.8. The topological polar surface area (TPSA) is 67.7 Å². The number of aromatic nitrogens is 2. The summed E-state index contributed by atoms with van der Waals surface area (Å²) in [6, 6.07) is 9.45. The van der Waals surface area contributed by atoms with Gasteiger partial charge in [0.2, 0.25) is 0 Å². The van der Waals surface area contributed by atoms with Crippen LogP contribution < -0.4 is 0 Å². The summed E-state index contributed by atoms with van der Waals surface area (Å²) < 4.78 is 6.34. The van der Waals surface area contributed by atoms with E-state index < -0.39 is 0 Å². The van der Waals surface area contributed by atoms with E-state index in [0.29, 0.717) is 49.0 Å². The molecule has 1 aliphatic heterocycles. The molecule has 0 aliphatic carbocycles. The SMILES string of the molecule is COC(=O)N1CCCN(C(=O)c2c(C)nn(-c3ccccc3)c2Cl)CC1. The van der Waals surface area contributed by atoms with E-state index in [-0.39, 0.29) is 12.0 Å². The van der Waals surface area contributed by atoms with Crippen molar-refractivity contribution in [1.29, 1.82) is 0 Å². The minimum Gasteiger partial charge on any atom is -0.453 e. The number of hydrogen-bond acceptors (Lipinski definition) is 4. The highest BCUT2D eigenvalue weighted by molar-refractivity contribution is 6.33. The molecule has 138 valence electrons. The van der Waals surface area contributed by atoms with Gasteiger partial charge in [-0.05, 0) is 25.5 Å². The van der Waals surface area contributed by atoms with Gasteiger partial charge in [-0.3, -0.25) is 4.79 Å². The fourth-order valence-electron chi connectivity index (χ4n) is 3.07. The van der Waals surface area contributed by atoms with E-state index >= 15 is 0 Å². The van der Waals surface area contributed by atoms with Gasteiger partial charge in [0.15, 0.2) is 0 Å². The fraction of sp³-hybridized carbons (Fsp3) is 0.389. The van der Waals surface area contributed by atoms with Gasteiger partial charge in [-0.25, -0.2) is 9.48 Å². The van der Waals surface area contributed by atoms with E-state index in [9.17, 15) is 9.59 Å². The second kappa shape index (κ2) is 7.78. The zero-order chi connectivity index (χ0) is 18.7. The summed E-state index contributed by atoms with van der Waals surface area (Å²) in [4.78, 5) is 28.1. The molecule has 8 heteroatoms. The van der Waals surface area contributed by atoms with Crippen LogP contribution in [0, 0.1) is 6.92 Å². The van der Waals surface area contributed by atoms with Crippen LogP contribution in [0.25, 0.3) is 5.69 Å². The van der Waals surface area contributed by atoms with Crippen LogP contribution in [0.1, 0.15) is 22.5 Å². The molecule has 7 nitrogen and oxygen atoms in total. The van der Waals surface area contributed by atoms with Gasteiger partial charge in [-0.2, -0.15) is 5.10 Å². The Hall–Kier alpha value is -2.54. The number of carbonyl (C=O) groups is 2. The highest BCUT2D eigenvalue weighted by Gasteiger charge is 2.28. The smallest absolute Gasteiger partial charge is 0.409 e. The largest absolute Gasteiger partial charge is 0.453 e. The molecule has 0 radical (unpaired) electrons. The van der Waals surface area contributed by atoms with Crippen molar-refractivity contribution in [3.63, 3.8) is 0 Å². The number of para-hydroxylation sites is 1. The molecule has 0 atom stereocenters. The minimum atomic E-state index is -0.370. The molecule has 2 aromatic rings. The number of rotatable bonds is 2. The molecule has 0 saturated carbocycles. The van der Waals surface area contributed by atoms with Crippen LogP contribution in [0.15, 0.2) is 30.3 Å². The fourth-order valence-corrected chi connectivity index (χ4v) is 3.43. The van der Waals surface area contributed by atoms with Crippen molar-refractivity contribution in [3.8, 4) is 5.69 Å². The van der Waals surface area contributed by atoms with Crippen LogP contribution in [-0.4, -0.2) is 64.9 Å². The Kier molecular flexibility index (Phi) is 5.46. The number of carbonyl (C=O) groups excluding carboxylic acids is 2. The molecular weight excluding hydrogens is 356 g/mol. The van der Waals surface area contributed by atoms with Gasteiger partial charge in [-0.15, -0.1) is 0 Å². The summed E-state index contributed by atoms with van der Waals surface area (Å²) >= 11 is 6.49. The van der Waals surface area contributed by atoms with Crippen molar-refractivity contribution in [3.05, 3.63) is 46.7 Å². The average molecular weight is 377 g/mol. The monoisotopic (exact) mass is 376 g/mol. The van der Waals surface area contributed by atoms with E-state index in [0.717, 1.165) is 5.69 Å². The Morgan fingerprint density at radius 1 is 1.08 bits per heavy atom. The van der Waals surface area contributed by atoms with Crippen LogP contribution in [0.2, 0.25) is 5.15 Å². The number of hydrogen-bond donors (Lipinski definition) is 0. The van der Waals surface area contributed by atoms with Crippen molar-refractivity contribution >= 4 is 23.6 Å². The summed E-state index contributed by atoms with van der Waals surface area (Å²) in [5.74, 6) is -0.165. The Balaban J connectivity index is 1.82. The highest BCUT2D eigenvalue weighted by atomic mass is 35.5. The second-order valence-electron chi connectivity index (χ2n) is 6.10. The van der Waals surface area contributed by atoms with Crippen molar-refractivity contribution in [2.24, 2.45) is 0 Å². The third kappa shape index (κ3) is 3.53.